The van der Waals surface area contributed by atoms with Crippen LogP contribution >= 0.6 is 0 Å². The maximum atomic E-state index is 13.4. The molecule has 2 aromatic rings. The monoisotopic (exact) mass is 526 g/mol. The predicted octanol–water partition coefficient (Wildman–Crippen LogP) is 5.31. The number of likely N-dealkylation sites (N-methyl/N-ethyl adjacent to an activating group) is 1. The minimum absolute atomic E-state index is 0.0664. The van der Waals surface area contributed by atoms with Gasteiger partial charge in [-0.1, -0.05) is 38.6 Å². The van der Waals surface area contributed by atoms with Crippen LogP contribution in [-0.2, 0) is 6.42 Å². The molecule has 0 amide bonds. The largest absolute Gasteiger partial charge is 0.493 e. The van der Waals surface area contributed by atoms with Crippen molar-refractivity contribution in [2.75, 3.05) is 39.3 Å². The van der Waals surface area contributed by atoms with Gasteiger partial charge in [-0.2, -0.15) is 0 Å². The van der Waals surface area contributed by atoms with Crippen molar-refractivity contribution in [3.63, 3.8) is 0 Å². The molecule has 1 heterocycles. The second kappa shape index (κ2) is 17.2. The molecule has 0 fully saturated rings. The highest BCUT2D eigenvalue weighted by atomic mass is 19.2. The van der Waals surface area contributed by atoms with Crippen LogP contribution < -0.4 is 15.6 Å². The van der Waals surface area contributed by atoms with Gasteiger partial charge in [0.1, 0.15) is 5.75 Å². The molecular formula is C30H40F2N4O2. The summed E-state index contributed by atoms with van der Waals surface area (Å²) < 4.78 is 33.6. The first-order chi connectivity index (χ1) is 18.4. The maximum Gasteiger partial charge on any atom is 0.258 e. The number of rotatable bonds is 18. The lowest BCUT2D eigenvalue weighted by atomic mass is 10.1. The standard InChI is InChI=1S/C30H40F2N4O2/c1-4-7-26(10-8-25(23-33)12-15-34-16-19-35(6-3)17-5-2)36-18-13-27(22-30(36)37)38-20-14-24-9-11-28(31)29(32)21-24/h4,7-11,13,18,21-23,25,33-34H,1,5-6,12,14-17,19-20H2,2-3H3/b10-8-,26-7+,33-23?. The molecule has 1 atom stereocenters. The quantitative estimate of drug-likeness (QED) is 0.157. The van der Waals surface area contributed by atoms with Crippen molar-refractivity contribution in [2.24, 2.45) is 5.92 Å². The average molecular weight is 527 g/mol. The van der Waals surface area contributed by atoms with Gasteiger partial charge in [-0.15, -0.1) is 0 Å². The summed E-state index contributed by atoms with van der Waals surface area (Å²) in [5.74, 6) is -1.46. The normalized spacial score (nSPS) is 12.7. The summed E-state index contributed by atoms with van der Waals surface area (Å²) >= 11 is 0. The molecule has 0 aliphatic heterocycles. The Bertz CT molecular complexity index is 1140. The zero-order valence-electron chi connectivity index (χ0n) is 22.5. The summed E-state index contributed by atoms with van der Waals surface area (Å²) in [6.45, 7) is 13.2. The van der Waals surface area contributed by atoms with Gasteiger partial charge < -0.3 is 20.4 Å². The van der Waals surface area contributed by atoms with Gasteiger partial charge in [0.05, 0.1) is 6.61 Å². The molecule has 0 bridgehead atoms. The molecule has 8 heteroatoms. The number of hydrogen-bond acceptors (Lipinski definition) is 5. The van der Waals surface area contributed by atoms with E-state index in [1.54, 1.807) is 24.4 Å². The van der Waals surface area contributed by atoms with Crippen molar-refractivity contribution in [1.82, 2.24) is 14.8 Å². The number of aromatic nitrogens is 1. The third-order valence-corrected chi connectivity index (χ3v) is 6.08. The number of allylic oxidation sites excluding steroid dienone is 5. The molecule has 1 unspecified atom stereocenters. The number of hydrogen-bond donors (Lipinski definition) is 2. The lowest BCUT2D eigenvalue weighted by Crippen LogP contribution is -2.33. The number of ether oxygens (including phenoxy) is 1. The number of pyridine rings is 1. The molecule has 0 aliphatic rings. The molecule has 1 aromatic carbocycles. The van der Waals surface area contributed by atoms with Crippen LogP contribution in [0.25, 0.3) is 5.70 Å². The molecule has 6 nitrogen and oxygen atoms in total. The van der Waals surface area contributed by atoms with Gasteiger partial charge in [-0.05, 0) is 68.4 Å². The van der Waals surface area contributed by atoms with E-state index < -0.39 is 11.6 Å². The van der Waals surface area contributed by atoms with Crippen molar-refractivity contribution >= 4 is 11.9 Å². The molecule has 1 aromatic heterocycles. The van der Waals surface area contributed by atoms with E-state index in [4.69, 9.17) is 10.1 Å². The topological polar surface area (TPSA) is 70.3 Å². The Balaban J connectivity index is 1.92. The number of nitrogens with zero attached hydrogens (tertiary/aromatic N) is 2. The fourth-order valence-electron chi connectivity index (χ4n) is 3.92. The highest BCUT2D eigenvalue weighted by molar-refractivity contribution is 5.64. The van der Waals surface area contributed by atoms with Crippen LogP contribution in [0, 0.1) is 23.0 Å². The second-order valence-electron chi connectivity index (χ2n) is 8.91. The van der Waals surface area contributed by atoms with E-state index >= 15 is 0 Å². The Morgan fingerprint density at radius 3 is 2.66 bits per heavy atom. The minimum atomic E-state index is -0.896. The first kappa shape index (κ1) is 30.9. The number of nitrogens with one attached hydrogen (secondary N) is 2. The van der Waals surface area contributed by atoms with Crippen LogP contribution in [0.5, 0.6) is 5.75 Å². The van der Waals surface area contributed by atoms with Crippen LogP contribution in [0.1, 0.15) is 32.3 Å². The Kier molecular flexibility index (Phi) is 14.0. The summed E-state index contributed by atoms with van der Waals surface area (Å²) in [6.07, 6.45) is 12.4. The van der Waals surface area contributed by atoms with E-state index in [1.807, 2.05) is 12.2 Å². The molecule has 38 heavy (non-hydrogen) atoms. The third kappa shape index (κ3) is 10.6. The van der Waals surface area contributed by atoms with Crippen molar-refractivity contribution in [1.29, 1.82) is 5.41 Å². The lowest BCUT2D eigenvalue weighted by molar-refractivity contribution is 0.287. The minimum Gasteiger partial charge on any atom is -0.493 e. The second-order valence-corrected chi connectivity index (χ2v) is 8.91. The van der Waals surface area contributed by atoms with Gasteiger partial charge in [-0.25, -0.2) is 8.78 Å². The summed E-state index contributed by atoms with van der Waals surface area (Å²) in [4.78, 5) is 15.2. The first-order valence-corrected chi connectivity index (χ1v) is 13.2. The fraction of sp³-hybridized carbons (Fsp3) is 0.400. The molecule has 206 valence electrons. The molecule has 2 N–H and O–H groups in total. The van der Waals surface area contributed by atoms with Crippen LogP contribution in [0.4, 0.5) is 8.78 Å². The molecule has 0 saturated carbocycles. The van der Waals surface area contributed by atoms with Crippen molar-refractivity contribution < 1.29 is 13.5 Å². The number of halogens is 2. The highest BCUT2D eigenvalue weighted by Crippen LogP contribution is 2.14. The summed E-state index contributed by atoms with van der Waals surface area (Å²) in [5.41, 5.74) is 0.943. The fourth-order valence-corrected chi connectivity index (χ4v) is 3.92. The Morgan fingerprint density at radius 2 is 2.00 bits per heavy atom. The third-order valence-electron chi connectivity index (χ3n) is 6.08. The Morgan fingerprint density at radius 1 is 1.18 bits per heavy atom. The van der Waals surface area contributed by atoms with E-state index in [1.165, 1.54) is 22.9 Å². The van der Waals surface area contributed by atoms with E-state index in [2.05, 4.69) is 30.6 Å². The van der Waals surface area contributed by atoms with Gasteiger partial charge in [0.2, 0.25) is 0 Å². The predicted molar refractivity (Wildman–Crippen MR) is 152 cm³/mol. The maximum absolute atomic E-state index is 13.4. The Hall–Kier alpha value is -3.36. The van der Waals surface area contributed by atoms with Gasteiger partial charge in [0, 0.05) is 49.6 Å². The molecule has 0 aliphatic carbocycles. The molecule has 0 saturated heterocycles. The SMILES string of the molecule is C=C/C=C(\C=C/C(C=N)CCNCCN(CC)CCC)n1ccc(OCCc2ccc(F)c(F)c2)cc1=O. The first-order valence-electron chi connectivity index (χ1n) is 13.2. The van der Waals surface area contributed by atoms with Crippen LogP contribution in [0.3, 0.4) is 0 Å². The van der Waals surface area contributed by atoms with Crippen LogP contribution in [0.2, 0.25) is 0 Å². The molecule has 0 radical (unpaired) electrons. The zero-order valence-corrected chi connectivity index (χ0v) is 22.5. The number of benzene rings is 1. The van der Waals surface area contributed by atoms with E-state index in [0.717, 1.165) is 57.7 Å². The van der Waals surface area contributed by atoms with Crippen molar-refractivity contribution in [3.8, 4) is 5.75 Å². The van der Waals surface area contributed by atoms with Gasteiger partial charge >= 0.3 is 0 Å². The van der Waals surface area contributed by atoms with Gasteiger partial charge in [0.25, 0.3) is 5.56 Å². The zero-order chi connectivity index (χ0) is 27.8. The van der Waals surface area contributed by atoms with Crippen LogP contribution in [-0.4, -0.2) is 55.0 Å². The van der Waals surface area contributed by atoms with Crippen LogP contribution in [0.15, 0.2) is 72.2 Å². The van der Waals surface area contributed by atoms with Gasteiger partial charge in [0.15, 0.2) is 11.6 Å². The van der Waals surface area contributed by atoms with E-state index in [-0.39, 0.29) is 18.1 Å². The van der Waals surface area contributed by atoms with E-state index in [0.29, 0.717) is 23.4 Å². The van der Waals surface area contributed by atoms with Crippen molar-refractivity contribution in [2.45, 2.75) is 33.1 Å². The Labute approximate surface area is 224 Å². The summed E-state index contributed by atoms with van der Waals surface area (Å²) in [5, 5.41) is 11.2. The molecular weight excluding hydrogens is 486 g/mol. The smallest absolute Gasteiger partial charge is 0.258 e. The average Bonchev–Trinajstić information content (AvgIpc) is 2.91. The summed E-state index contributed by atoms with van der Waals surface area (Å²) in [6, 6.07) is 6.78. The lowest BCUT2D eigenvalue weighted by Gasteiger charge is -2.19. The molecule has 0 spiro atoms. The van der Waals surface area contributed by atoms with Gasteiger partial charge in [-0.3, -0.25) is 9.36 Å². The summed E-state index contributed by atoms with van der Waals surface area (Å²) in [7, 11) is 0. The van der Waals surface area contributed by atoms with Crippen molar-refractivity contribution in [3.05, 3.63) is 95.0 Å². The molecule has 2 rings (SSSR count). The highest BCUT2D eigenvalue weighted by Gasteiger charge is 2.07. The van der Waals surface area contributed by atoms with E-state index in [9.17, 15) is 13.6 Å².